The number of nitrogens with zero attached hydrogens (tertiary/aromatic N) is 1. The van der Waals surface area contributed by atoms with E-state index in [1.807, 2.05) is 0 Å². The summed E-state index contributed by atoms with van der Waals surface area (Å²) in [6.07, 6.45) is 0. The molecule has 0 saturated carbocycles. The van der Waals surface area contributed by atoms with E-state index >= 15 is 0 Å². The smallest absolute Gasteiger partial charge is 0.270 e. The van der Waals surface area contributed by atoms with Crippen molar-refractivity contribution in [3.05, 3.63) is 52.1 Å². The average Bonchev–Trinajstić information content (AvgIpc) is 2.54. The lowest BCUT2D eigenvalue weighted by molar-refractivity contribution is -0.385. The van der Waals surface area contributed by atoms with Crippen LogP contribution in [-0.2, 0) is 14.8 Å². The first-order valence-corrected chi connectivity index (χ1v) is 8.86. The molecule has 26 heavy (non-hydrogen) atoms. The predicted molar refractivity (Wildman–Crippen MR) is 95.9 cm³/mol. The maximum Gasteiger partial charge on any atom is 0.270 e. The van der Waals surface area contributed by atoms with Gasteiger partial charge in [-0.25, -0.2) is 8.42 Å². The van der Waals surface area contributed by atoms with Crippen molar-refractivity contribution >= 4 is 33.0 Å². The van der Waals surface area contributed by atoms with Gasteiger partial charge in [0.25, 0.3) is 15.7 Å². The van der Waals surface area contributed by atoms with Crippen LogP contribution in [0.3, 0.4) is 0 Å². The molecule has 0 heterocycles. The van der Waals surface area contributed by atoms with E-state index in [9.17, 15) is 23.3 Å². The lowest BCUT2D eigenvalue weighted by atomic mass is 10.2. The summed E-state index contributed by atoms with van der Waals surface area (Å²) in [4.78, 5) is 21.2. The van der Waals surface area contributed by atoms with Crippen LogP contribution in [0.1, 0.15) is 12.5 Å². The molecule has 0 radical (unpaired) electrons. The molecule has 2 aromatic carbocycles. The number of carbonyl (C=O) groups is 1. The van der Waals surface area contributed by atoms with E-state index in [1.165, 1.54) is 45.2 Å². The van der Waals surface area contributed by atoms with Gasteiger partial charge >= 0.3 is 0 Å². The van der Waals surface area contributed by atoms with Crippen LogP contribution >= 0.6 is 0 Å². The second kappa shape index (κ2) is 7.40. The quantitative estimate of drug-likeness (QED) is 0.587. The Morgan fingerprint density at radius 2 is 1.88 bits per heavy atom. The molecule has 0 atom stereocenters. The molecule has 0 unspecified atom stereocenters. The molecule has 1 amide bonds. The number of carbonyl (C=O) groups excluding carboxylic acids is 1. The van der Waals surface area contributed by atoms with Crippen LogP contribution < -0.4 is 14.8 Å². The number of rotatable bonds is 6. The fraction of sp³-hybridized carbons (Fsp3) is 0.188. The minimum atomic E-state index is -4.12. The van der Waals surface area contributed by atoms with E-state index in [4.69, 9.17) is 4.74 Å². The van der Waals surface area contributed by atoms with Crippen LogP contribution in [0.25, 0.3) is 0 Å². The van der Waals surface area contributed by atoms with E-state index in [1.54, 1.807) is 6.07 Å². The van der Waals surface area contributed by atoms with E-state index in [0.717, 1.165) is 6.07 Å². The minimum absolute atomic E-state index is 0.0876. The highest BCUT2D eigenvalue weighted by Gasteiger charge is 2.22. The zero-order valence-corrected chi connectivity index (χ0v) is 15.1. The molecular weight excluding hydrogens is 362 g/mol. The monoisotopic (exact) mass is 379 g/mol. The maximum atomic E-state index is 12.7. The van der Waals surface area contributed by atoms with Crippen LogP contribution in [0.5, 0.6) is 5.75 Å². The zero-order valence-electron chi connectivity index (χ0n) is 14.3. The second-order valence-corrected chi connectivity index (χ2v) is 7.06. The van der Waals surface area contributed by atoms with Gasteiger partial charge in [0.1, 0.15) is 5.75 Å². The molecule has 9 nitrogen and oxygen atoms in total. The van der Waals surface area contributed by atoms with Crippen molar-refractivity contribution in [3.8, 4) is 5.75 Å². The van der Waals surface area contributed by atoms with Crippen molar-refractivity contribution in [1.29, 1.82) is 0 Å². The molecule has 2 N–H and O–H groups in total. The highest BCUT2D eigenvalue weighted by molar-refractivity contribution is 7.92. The number of non-ortho nitro benzene ring substituents is 1. The number of amides is 1. The Hall–Kier alpha value is -3.14. The number of methoxy groups -OCH3 is 1. The number of hydrogen-bond acceptors (Lipinski definition) is 6. The van der Waals surface area contributed by atoms with E-state index < -0.39 is 14.9 Å². The Bertz CT molecular complexity index is 972. The largest absolute Gasteiger partial charge is 0.495 e. The number of sulfonamides is 1. The number of benzene rings is 2. The Morgan fingerprint density at radius 1 is 1.19 bits per heavy atom. The van der Waals surface area contributed by atoms with E-state index in [2.05, 4.69) is 10.0 Å². The number of ether oxygens (including phenoxy) is 1. The molecule has 0 aliphatic carbocycles. The standard InChI is InChI=1S/C16H17N3O6S/c1-10-4-6-13(19(21)22)9-16(10)26(23,24)18-14-8-12(17-11(2)20)5-7-15(14)25-3/h4-9,18H,1-3H3,(H,17,20). The zero-order chi connectivity index (χ0) is 19.5. The van der Waals surface area contributed by atoms with Crippen LogP contribution in [0.15, 0.2) is 41.3 Å². The lowest BCUT2D eigenvalue weighted by Crippen LogP contribution is -2.15. The number of nitro groups is 1. The third-order valence-corrected chi connectivity index (χ3v) is 4.94. The van der Waals surface area contributed by atoms with Crippen molar-refractivity contribution in [3.63, 3.8) is 0 Å². The van der Waals surface area contributed by atoms with Crippen molar-refractivity contribution < 1.29 is 22.9 Å². The average molecular weight is 379 g/mol. The van der Waals surface area contributed by atoms with Gasteiger partial charge in [-0.2, -0.15) is 0 Å². The molecule has 2 aromatic rings. The van der Waals surface area contributed by atoms with Crippen molar-refractivity contribution in [2.75, 3.05) is 17.1 Å². The van der Waals surface area contributed by atoms with E-state index in [0.29, 0.717) is 11.3 Å². The van der Waals surface area contributed by atoms with Gasteiger partial charge in [0.2, 0.25) is 5.91 Å². The first kappa shape index (κ1) is 19.2. The van der Waals surface area contributed by atoms with Gasteiger partial charge in [-0.1, -0.05) is 6.07 Å². The third-order valence-electron chi connectivity index (χ3n) is 3.44. The molecular formula is C16H17N3O6S. The number of nitro benzene ring substituents is 1. The summed E-state index contributed by atoms with van der Waals surface area (Å²) >= 11 is 0. The van der Waals surface area contributed by atoms with E-state index in [-0.39, 0.29) is 27.9 Å². The summed E-state index contributed by atoms with van der Waals surface area (Å²) in [5.41, 5.74) is 0.464. The molecule has 0 aromatic heterocycles. The molecule has 0 aliphatic rings. The normalized spacial score (nSPS) is 10.9. The number of hydrogen-bond donors (Lipinski definition) is 2. The summed E-state index contributed by atoms with van der Waals surface area (Å²) in [5, 5.41) is 13.5. The van der Waals surface area contributed by atoms with Crippen molar-refractivity contribution in [2.24, 2.45) is 0 Å². The van der Waals surface area contributed by atoms with Gasteiger partial charge < -0.3 is 10.1 Å². The Morgan fingerprint density at radius 3 is 2.46 bits per heavy atom. The maximum absolute atomic E-state index is 12.7. The topological polar surface area (TPSA) is 128 Å². The number of nitrogens with one attached hydrogen (secondary N) is 2. The highest BCUT2D eigenvalue weighted by atomic mass is 32.2. The predicted octanol–water partition coefficient (Wildman–Crippen LogP) is 2.67. The van der Waals surface area contributed by atoms with Gasteiger partial charge in [-0.05, 0) is 30.7 Å². The summed E-state index contributed by atoms with van der Waals surface area (Å²) < 4.78 is 32.9. The lowest BCUT2D eigenvalue weighted by Gasteiger charge is -2.14. The van der Waals surface area contributed by atoms with Gasteiger partial charge in [0.05, 0.1) is 22.6 Å². The van der Waals surface area contributed by atoms with Crippen LogP contribution in [0.4, 0.5) is 17.1 Å². The molecule has 0 bridgehead atoms. The number of aryl methyl sites for hydroxylation is 1. The molecule has 2 rings (SSSR count). The van der Waals surface area contributed by atoms with Crippen LogP contribution in [0, 0.1) is 17.0 Å². The molecule has 138 valence electrons. The molecule has 0 saturated heterocycles. The van der Waals surface area contributed by atoms with Gasteiger partial charge in [-0.15, -0.1) is 0 Å². The fourth-order valence-corrected chi connectivity index (χ4v) is 3.59. The first-order chi connectivity index (χ1) is 12.1. The van der Waals surface area contributed by atoms with Crippen LogP contribution in [0.2, 0.25) is 0 Å². The second-order valence-electron chi connectivity index (χ2n) is 5.41. The first-order valence-electron chi connectivity index (χ1n) is 7.37. The molecule has 10 heteroatoms. The summed E-state index contributed by atoms with van der Waals surface area (Å²) in [6.45, 7) is 2.85. The number of anilines is 2. The molecule has 0 aliphatic heterocycles. The summed E-state index contributed by atoms with van der Waals surface area (Å²) in [6, 6.07) is 8.01. The minimum Gasteiger partial charge on any atom is -0.495 e. The van der Waals surface area contributed by atoms with Gasteiger partial charge in [-0.3, -0.25) is 19.6 Å². The van der Waals surface area contributed by atoms with Crippen molar-refractivity contribution in [1.82, 2.24) is 0 Å². The highest BCUT2D eigenvalue weighted by Crippen LogP contribution is 2.31. The van der Waals surface area contributed by atoms with Gasteiger partial charge in [0, 0.05) is 24.7 Å². The van der Waals surface area contributed by atoms with Gasteiger partial charge in [0.15, 0.2) is 0 Å². The summed E-state index contributed by atoms with van der Waals surface area (Å²) in [7, 11) is -2.76. The van der Waals surface area contributed by atoms with Crippen LogP contribution in [-0.4, -0.2) is 26.4 Å². The Labute approximate surface area is 150 Å². The third kappa shape index (κ3) is 4.28. The summed E-state index contributed by atoms with van der Waals surface area (Å²) in [5.74, 6) is -0.0933. The van der Waals surface area contributed by atoms with Crippen molar-refractivity contribution in [2.45, 2.75) is 18.7 Å². The molecule has 0 spiro atoms. The molecule has 0 fully saturated rings. The Kier molecular flexibility index (Phi) is 5.46. The fourth-order valence-electron chi connectivity index (χ4n) is 2.26. The SMILES string of the molecule is COc1ccc(NC(C)=O)cc1NS(=O)(=O)c1cc([N+](=O)[O-])ccc1C. The Balaban J connectivity index is 2.48.